The summed E-state index contributed by atoms with van der Waals surface area (Å²) in [6, 6.07) is 0. The van der Waals surface area contributed by atoms with Crippen molar-refractivity contribution < 1.29 is 3.44 Å². The summed E-state index contributed by atoms with van der Waals surface area (Å²) in [5.41, 5.74) is 0. The van der Waals surface area contributed by atoms with Crippen LogP contribution < -0.4 is 0 Å². The van der Waals surface area contributed by atoms with Crippen LogP contribution in [0.4, 0.5) is 0 Å². The molecule has 0 unspecified atom stereocenters. The Kier molecular flexibility index (Phi) is 21.1. The van der Waals surface area contributed by atoms with Crippen molar-refractivity contribution in [1.29, 1.82) is 0 Å². The van der Waals surface area contributed by atoms with Gasteiger partial charge in [-0.1, -0.05) is 0 Å². The van der Waals surface area contributed by atoms with Crippen LogP contribution >= 0.6 is 0 Å². The molecule has 0 aliphatic carbocycles. The molecule has 0 spiro atoms. The van der Waals surface area contributed by atoms with Gasteiger partial charge in [-0.05, 0) is 0 Å². The molecule has 0 bridgehead atoms. The third-order valence-electron chi connectivity index (χ3n) is 5.99. The third kappa shape index (κ3) is 18.1. The summed E-state index contributed by atoms with van der Waals surface area (Å²) in [5.74, 6) is 0. The van der Waals surface area contributed by atoms with E-state index in [1.54, 1.807) is 0 Å². The van der Waals surface area contributed by atoms with Crippen LogP contribution in [0.2, 0.25) is 13.3 Å². The molecule has 0 saturated heterocycles. The van der Waals surface area contributed by atoms with Crippen molar-refractivity contribution in [2.75, 3.05) is 0 Å². The number of hydrogen-bond donors (Lipinski definition) is 1. The molecule has 0 aromatic heterocycles. The van der Waals surface area contributed by atoms with Crippen LogP contribution in [-0.4, -0.2) is 22.2 Å². The number of rotatable bonds is 21. The average molecular weight is 475 g/mol. The minimum atomic E-state index is -2.77. The van der Waals surface area contributed by atoms with Crippen molar-refractivity contribution in [3.05, 3.63) is 0 Å². The molecular weight excluding hydrogens is 423 g/mol. The first-order valence-electron chi connectivity index (χ1n) is 12.4. The Morgan fingerprint density at radius 2 is 0.615 bits per heavy atom. The molecular formula is C24H52OSn. The van der Waals surface area contributed by atoms with Gasteiger partial charge in [0.1, 0.15) is 0 Å². The summed E-state index contributed by atoms with van der Waals surface area (Å²) >= 11 is -2.77. The molecule has 1 nitrogen and oxygen atoms in total. The topological polar surface area (TPSA) is 20.2 Å². The zero-order chi connectivity index (χ0) is 19.3. The van der Waals surface area contributed by atoms with Crippen molar-refractivity contribution >= 4 is 18.8 Å². The Labute approximate surface area is 171 Å². The fraction of sp³-hybridized carbons (Fsp3) is 1.00. The second-order valence-corrected chi connectivity index (χ2v) is 20.0. The fourth-order valence-electron chi connectivity index (χ4n) is 4.08. The van der Waals surface area contributed by atoms with E-state index in [9.17, 15) is 3.44 Å². The fourth-order valence-corrected chi connectivity index (χ4v) is 14.0. The number of unbranched alkanes of at least 4 members (excludes halogenated alkanes) is 15. The van der Waals surface area contributed by atoms with E-state index < -0.39 is 18.8 Å². The van der Waals surface area contributed by atoms with Crippen LogP contribution in [0.1, 0.15) is 136 Å². The van der Waals surface area contributed by atoms with Gasteiger partial charge in [-0.15, -0.1) is 0 Å². The van der Waals surface area contributed by atoms with E-state index in [0.29, 0.717) is 0 Å². The van der Waals surface area contributed by atoms with Crippen LogP contribution in [0.5, 0.6) is 0 Å². The SMILES string of the molecule is CCCCCCC[CH2][Sn]([OH])([CH2]CCCCCCC)[CH2]CCCCCCC. The van der Waals surface area contributed by atoms with E-state index in [1.165, 1.54) is 129 Å². The average Bonchev–Trinajstić information content (AvgIpc) is 2.64. The standard InChI is InChI=1S/3C8H17.H2O.Sn/c3*1-3-5-7-8-6-4-2;;/h3*1,3-8H2,2H3;1H2;/q;;;;+1/p-1. The Morgan fingerprint density at radius 1 is 0.385 bits per heavy atom. The molecule has 0 atom stereocenters. The van der Waals surface area contributed by atoms with Crippen LogP contribution in [0.3, 0.4) is 0 Å². The van der Waals surface area contributed by atoms with Gasteiger partial charge in [0.05, 0.1) is 0 Å². The Hall–Kier alpha value is 0.759. The van der Waals surface area contributed by atoms with Gasteiger partial charge in [0.25, 0.3) is 0 Å². The second-order valence-electron chi connectivity index (χ2n) is 8.78. The molecule has 0 aromatic rings. The molecule has 0 saturated carbocycles. The molecule has 0 aliphatic heterocycles. The monoisotopic (exact) mass is 476 g/mol. The molecule has 0 amide bonds. The first-order valence-corrected chi connectivity index (χ1v) is 19.7. The van der Waals surface area contributed by atoms with Gasteiger partial charge in [0.15, 0.2) is 0 Å². The maximum absolute atomic E-state index is 11.4. The van der Waals surface area contributed by atoms with Crippen molar-refractivity contribution in [2.24, 2.45) is 0 Å². The van der Waals surface area contributed by atoms with E-state index in [2.05, 4.69) is 20.8 Å². The van der Waals surface area contributed by atoms with E-state index in [1.807, 2.05) is 0 Å². The predicted octanol–water partition coefficient (Wildman–Crippen LogP) is 9.01. The van der Waals surface area contributed by atoms with Crippen molar-refractivity contribution in [1.82, 2.24) is 0 Å². The van der Waals surface area contributed by atoms with Crippen molar-refractivity contribution in [3.63, 3.8) is 0 Å². The molecule has 0 fully saturated rings. The quantitative estimate of drug-likeness (QED) is 0.130. The minimum absolute atomic E-state index is 1.25. The van der Waals surface area contributed by atoms with E-state index in [4.69, 9.17) is 0 Å². The second kappa shape index (κ2) is 20.5. The van der Waals surface area contributed by atoms with Gasteiger partial charge in [-0.25, -0.2) is 0 Å². The maximum atomic E-state index is 11.4. The van der Waals surface area contributed by atoms with Crippen LogP contribution in [-0.2, 0) is 0 Å². The molecule has 26 heavy (non-hydrogen) atoms. The summed E-state index contributed by atoms with van der Waals surface area (Å²) in [6.07, 6.45) is 24.6. The van der Waals surface area contributed by atoms with Gasteiger partial charge in [-0.3, -0.25) is 0 Å². The Bertz CT molecular complexity index is 226. The molecule has 0 aromatic carbocycles. The zero-order valence-electron chi connectivity index (χ0n) is 18.8. The summed E-state index contributed by atoms with van der Waals surface area (Å²) in [4.78, 5) is 0. The summed E-state index contributed by atoms with van der Waals surface area (Å²) < 4.78 is 15.2. The molecule has 0 rings (SSSR count). The van der Waals surface area contributed by atoms with Gasteiger partial charge in [0, 0.05) is 0 Å². The molecule has 1 N–H and O–H groups in total. The van der Waals surface area contributed by atoms with Crippen LogP contribution in [0.15, 0.2) is 0 Å². The summed E-state index contributed by atoms with van der Waals surface area (Å²) in [6.45, 7) is 6.86. The molecule has 158 valence electrons. The first-order chi connectivity index (χ1) is 12.7. The van der Waals surface area contributed by atoms with Gasteiger partial charge in [-0.2, -0.15) is 0 Å². The molecule has 0 aliphatic rings. The summed E-state index contributed by atoms with van der Waals surface area (Å²) in [7, 11) is 0. The molecule has 0 heterocycles. The van der Waals surface area contributed by atoms with Gasteiger partial charge >= 0.3 is 172 Å². The van der Waals surface area contributed by atoms with Crippen molar-refractivity contribution in [2.45, 2.75) is 150 Å². The number of hydrogen-bond acceptors (Lipinski definition) is 1. The predicted molar refractivity (Wildman–Crippen MR) is 123 cm³/mol. The first kappa shape index (κ1) is 26.8. The van der Waals surface area contributed by atoms with Crippen LogP contribution in [0, 0.1) is 0 Å². The Balaban J connectivity index is 4.02. The van der Waals surface area contributed by atoms with E-state index in [0.717, 1.165) is 0 Å². The normalized spacial score (nSPS) is 12.0. The molecule has 2 heteroatoms. The van der Waals surface area contributed by atoms with Crippen LogP contribution in [0.25, 0.3) is 0 Å². The van der Waals surface area contributed by atoms with E-state index >= 15 is 0 Å². The zero-order valence-corrected chi connectivity index (χ0v) is 21.7. The van der Waals surface area contributed by atoms with Gasteiger partial charge in [0.2, 0.25) is 0 Å². The molecule has 0 radical (unpaired) electrons. The van der Waals surface area contributed by atoms with E-state index in [-0.39, 0.29) is 0 Å². The summed E-state index contributed by atoms with van der Waals surface area (Å²) in [5, 5.41) is 0. The Morgan fingerprint density at radius 3 is 0.885 bits per heavy atom. The van der Waals surface area contributed by atoms with Gasteiger partial charge < -0.3 is 0 Å². The van der Waals surface area contributed by atoms with Crippen molar-refractivity contribution in [3.8, 4) is 0 Å². The third-order valence-corrected chi connectivity index (χ3v) is 17.0.